The van der Waals surface area contributed by atoms with E-state index in [0.29, 0.717) is 17.2 Å². The summed E-state index contributed by atoms with van der Waals surface area (Å²) in [5.41, 5.74) is 0.290. The Hall–Kier alpha value is -1.24. The molecule has 1 aromatic heterocycles. The summed E-state index contributed by atoms with van der Waals surface area (Å²) in [5, 5.41) is 6.62. The van der Waals surface area contributed by atoms with Crippen LogP contribution < -0.4 is 4.90 Å². The molecule has 0 N–H and O–H groups in total. The van der Waals surface area contributed by atoms with Crippen molar-refractivity contribution >= 4 is 16.0 Å². The summed E-state index contributed by atoms with van der Waals surface area (Å²) in [6.07, 6.45) is 2.22. The molecule has 0 spiro atoms. The van der Waals surface area contributed by atoms with E-state index in [1.807, 2.05) is 0 Å². The minimum Gasteiger partial charge on any atom is -0.355 e. The number of anilines is 1. The van der Waals surface area contributed by atoms with Crippen molar-refractivity contribution in [1.82, 2.24) is 10.2 Å². The summed E-state index contributed by atoms with van der Waals surface area (Å²) in [6.45, 7) is 8.41. The second-order valence-electron chi connectivity index (χ2n) is 6.53. The Kier molecular flexibility index (Phi) is 4.00. The highest BCUT2D eigenvalue weighted by atomic mass is 32.3. The van der Waals surface area contributed by atoms with Gasteiger partial charge >= 0.3 is 10.2 Å². The molecule has 1 aromatic rings. The number of aromatic nitrogens is 2. The van der Waals surface area contributed by atoms with Crippen LogP contribution in [-0.4, -0.2) is 31.7 Å². The average molecular weight is 301 g/mol. The van der Waals surface area contributed by atoms with Gasteiger partial charge in [0.2, 0.25) is 5.03 Å². The Labute approximate surface area is 119 Å². The summed E-state index contributed by atoms with van der Waals surface area (Å²) in [6, 6.07) is 2.67. The highest BCUT2D eigenvalue weighted by Gasteiger charge is 2.27. The maximum atomic E-state index is 12.7. The van der Waals surface area contributed by atoms with Crippen LogP contribution >= 0.6 is 0 Å². The van der Waals surface area contributed by atoms with Crippen molar-refractivity contribution in [3.63, 3.8) is 0 Å². The van der Waals surface area contributed by atoms with Gasteiger partial charge in [-0.25, -0.2) is 0 Å². The molecule has 2 rings (SSSR count). The maximum Gasteiger partial charge on any atom is 0.351 e. The summed E-state index contributed by atoms with van der Waals surface area (Å²) in [7, 11) is -4.77. The predicted molar refractivity (Wildman–Crippen MR) is 74.7 cm³/mol. The third kappa shape index (κ3) is 3.88. The molecule has 1 aliphatic rings. The minimum absolute atomic E-state index is 0.290. The molecule has 1 unspecified atom stereocenters. The van der Waals surface area contributed by atoms with Gasteiger partial charge in [-0.1, -0.05) is 24.7 Å². The highest BCUT2D eigenvalue weighted by molar-refractivity contribution is 7.86. The molecule has 0 aliphatic carbocycles. The first kappa shape index (κ1) is 15.2. The van der Waals surface area contributed by atoms with Gasteiger partial charge in [-0.05, 0) is 36.3 Å². The Bertz CT molecular complexity index is 566. The van der Waals surface area contributed by atoms with E-state index in [0.717, 1.165) is 32.0 Å². The van der Waals surface area contributed by atoms with Crippen LogP contribution in [0.2, 0.25) is 0 Å². The zero-order valence-corrected chi connectivity index (χ0v) is 12.8. The van der Waals surface area contributed by atoms with E-state index < -0.39 is 15.2 Å². The molecule has 5 nitrogen and oxygen atoms in total. The molecule has 1 atom stereocenters. The van der Waals surface area contributed by atoms with Crippen LogP contribution in [0, 0.1) is 11.3 Å². The Morgan fingerprint density at radius 2 is 2.05 bits per heavy atom. The largest absolute Gasteiger partial charge is 0.355 e. The first-order chi connectivity index (χ1) is 9.15. The van der Waals surface area contributed by atoms with Crippen LogP contribution in [-0.2, 0) is 10.2 Å². The lowest BCUT2D eigenvalue weighted by Crippen LogP contribution is -2.22. The van der Waals surface area contributed by atoms with Crippen molar-refractivity contribution in [2.24, 2.45) is 11.3 Å². The highest BCUT2D eigenvalue weighted by Crippen LogP contribution is 2.31. The quantitative estimate of drug-likeness (QED) is 0.802. The lowest BCUT2D eigenvalue weighted by atomic mass is 9.84. The fraction of sp³-hybridized carbons (Fsp3) is 0.692. The van der Waals surface area contributed by atoms with Gasteiger partial charge in [0.15, 0.2) is 5.82 Å². The average Bonchev–Trinajstić information content (AvgIpc) is 2.74. The normalized spacial score (nSPS) is 20.4. The van der Waals surface area contributed by atoms with Crippen molar-refractivity contribution in [1.29, 1.82) is 0 Å². The summed E-state index contributed by atoms with van der Waals surface area (Å²) >= 11 is 0. The molecule has 112 valence electrons. The fourth-order valence-electron chi connectivity index (χ4n) is 2.69. The van der Waals surface area contributed by atoms with Crippen LogP contribution in [0.4, 0.5) is 9.70 Å². The van der Waals surface area contributed by atoms with E-state index in [2.05, 4.69) is 35.9 Å². The molecular weight excluding hydrogens is 281 g/mol. The second-order valence-corrected chi connectivity index (χ2v) is 7.83. The molecule has 2 heterocycles. The first-order valence-corrected chi connectivity index (χ1v) is 8.07. The third-order valence-corrected chi connectivity index (χ3v) is 4.10. The maximum absolute atomic E-state index is 12.7. The molecule has 1 fully saturated rings. The molecule has 0 aromatic carbocycles. The predicted octanol–water partition coefficient (Wildman–Crippen LogP) is 2.40. The van der Waals surface area contributed by atoms with E-state index in [1.165, 1.54) is 6.07 Å². The zero-order chi connectivity index (χ0) is 15.0. The summed E-state index contributed by atoms with van der Waals surface area (Å²) < 4.78 is 34.1. The lowest BCUT2D eigenvalue weighted by molar-refractivity contribution is 0.308. The number of hydrogen-bond acceptors (Lipinski definition) is 5. The molecule has 1 aliphatic heterocycles. The van der Waals surface area contributed by atoms with Gasteiger partial charge in [-0.3, -0.25) is 0 Å². The lowest BCUT2D eigenvalue weighted by Gasteiger charge is -2.23. The fourth-order valence-corrected chi connectivity index (χ4v) is 3.05. The van der Waals surface area contributed by atoms with E-state index >= 15 is 0 Å². The molecule has 7 heteroatoms. The Morgan fingerprint density at radius 3 is 2.55 bits per heavy atom. The van der Waals surface area contributed by atoms with E-state index in [9.17, 15) is 12.3 Å². The van der Waals surface area contributed by atoms with Crippen molar-refractivity contribution < 1.29 is 12.3 Å². The van der Waals surface area contributed by atoms with Crippen molar-refractivity contribution in [2.75, 3.05) is 18.0 Å². The topological polar surface area (TPSA) is 63.2 Å². The van der Waals surface area contributed by atoms with E-state index in [-0.39, 0.29) is 0 Å². The van der Waals surface area contributed by atoms with Gasteiger partial charge in [-0.2, -0.15) is 8.42 Å². The van der Waals surface area contributed by atoms with Crippen molar-refractivity contribution in [3.8, 4) is 0 Å². The second kappa shape index (κ2) is 5.27. The number of halogens is 1. The number of hydrogen-bond donors (Lipinski definition) is 0. The van der Waals surface area contributed by atoms with Gasteiger partial charge in [-0.15, -0.1) is 10.2 Å². The molecule has 0 bridgehead atoms. The van der Waals surface area contributed by atoms with Gasteiger partial charge in [0.1, 0.15) is 0 Å². The Balaban J connectivity index is 2.04. The molecule has 0 saturated carbocycles. The molecule has 0 radical (unpaired) electrons. The van der Waals surface area contributed by atoms with Crippen LogP contribution in [0.25, 0.3) is 0 Å². The van der Waals surface area contributed by atoms with Crippen LogP contribution in [0.1, 0.15) is 33.6 Å². The zero-order valence-electron chi connectivity index (χ0n) is 12.0. The van der Waals surface area contributed by atoms with E-state index in [4.69, 9.17) is 0 Å². The van der Waals surface area contributed by atoms with Gasteiger partial charge in [0.05, 0.1) is 0 Å². The Morgan fingerprint density at radius 1 is 1.35 bits per heavy atom. The van der Waals surface area contributed by atoms with Crippen molar-refractivity contribution in [2.45, 2.75) is 38.6 Å². The standard InChI is InChI=1S/C13H20FN3O2S/c1-13(2,3)8-10-6-7-17(9-10)11-4-5-12(16-15-11)20(14,18)19/h4-5,10H,6-9H2,1-3H3. The third-order valence-electron chi connectivity index (χ3n) is 3.39. The van der Waals surface area contributed by atoms with Gasteiger partial charge in [0.25, 0.3) is 0 Å². The minimum atomic E-state index is -4.77. The number of rotatable bonds is 3. The van der Waals surface area contributed by atoms with Crippen LogP contribution in [0.5, 0.6) is 0 Å². The SMILES string of the molecule is CC(C)(C)CC1CCN(c2ccc(S(=O)(=O)F)nn2)C1. The molecule has 20 heavy (non-hydrogen) atoms. The van der Waals surface area contributed by atoms with Crippen LogP contribution in [0.15, 0.2) is 17.2 Å². The monoisotopic (exact) mass is 301 g/mol. The summed E-state index contributed by atoms with van der Waals surface area (Å²) in [4.78, 5) is 2.07. The van der Waals surface area contributed by atoms with E-state index in [1.54, 1.807) is 0 Å². The molecule has 0 amide bonds. The number of nitrogens with zero attached hydrogens (tertiary/aromatic N) is 3. The smallest absolute Gasteiger partial charge is 0.351 e. The summed E-state index contributed by atoms with van der Waals surface area (Å²) in [5.74, 6) is 1.20. The van der Waals surface area contributed by atoms with Gasteiger partial charge < -0.3 is 4.90 Å². The first-order valence-electron chi connectivity index (χ1n) is 6.68. The van der Waals surface area contributed by atoms with Gasteiger partial charge in [0, 0.05) is 13.1 Å². The van der Waals surface area contributed by atoms with Crippen LogP contribution in [0.3, 0.4) is 0 Å². The molecule has 1 saturated heterocycles. The molecular formula is C13H20FN3O2S. The van der Waals surface area contributed by atoms with Crippen molar-refractivity contribution in [3.05, 3.63) is 12.1 Å².